The Bertz CT molecular complexity index is 824. The first-order chi connectivity index (χ1) is 10.4. The molecule has 0 atom stereocenters. The summed E-state index contributed by atoms with van der Waals surface area (Å²) in [5.41, 5.74) is 8.64. The number of hydrogen-bond donors (Lipinski definition) is 2. The zero-order valence-corrected chi connectivity index (χ0v) is 14.4. The molecule has 3 N–H and O–H groups in total. The van der Waals surface area contributed by atoms with Gasteiger partial charge in [-0.1, -0.05) is 15.9 Å². The molecular weight excluding hydrogens is 368 g/mol. The van der Waals surface area contributed by atoms with Crippen LogP contribution in [0.4, 0.5) is 17.2 Å². The number of anilines is 3. The number of nitrogens with one attached hydrogen (secondary N) is 1. The van der Waals surface area contributed by atoms with Gasteiger partial charge in [-0.3, -0.25) is 0 Å². The molecule has 0 unspecified atom stereocenters. The topological polar surface area (TPSA) is 81.7 Å². The molecule has 3 aromatic rings. The Morgan fingerprint density at radius 2 is 2.05 bits per heavy atom. The Balaban J connectivity index is 2.10. The molecule has 0 aliphatic rings. The average molecular weight is 382 g/mol. The fourth-order valence-electron chi connectivity index (χ4n) is 2.18. The monoisotopic (exact) mass is 380 g/mol. The molecule has 1 aromatic carbocycles. The van der Waals surface area contributed by atoms with Gasteiger partial charge in [-0.25, -0.2) is 4.98 Å². The van der Waals surface area contributed by atoms with Gasteiger partial charge < -0.3 is 15.6 Å². The van der Waals surface area contributed by atoms with E-state index in [4.69, 9.17) is 17.3 Å². The second-order valence-electron chi connectivity index (χ2n) is 5.16. The lowest BCUT2D eigenvalue weighted by Crippen LogP contribution is -2.02. The Kier molecular flexibility index (Phi) is 3.92. The number of imidazole rings is 1. The average Bonchev–Trinajstić information content (AvgIpc) is 2.81. The van der Waals surface area contributed by atoms with E-state index in [-0.39, 0.29) is 11.3 Å². The van der Waals surface area contributed by atoms with E-state index in [9.17, 15) is 0 Å². The molecule has 0 radical (unpaired) electrons. The summed E-state index contributed by atoms with van der Waals surface area (Å²) in [6.07, 6.45) is 1.74. The van der Waals surface area contributed by atoms with Crippen LogP contribution in [0.5, 0.6) is 0 Å². The molecule has 0 spiro atoms. The van der Waals surface area contributed by atoms with Gasteiger partial charge in [0.2, 0.25) is 5.28 Å². The molecule has 0 aliphatic heterocycles. The van der Waals surface area contributed by atoms with Gasteiger partial charge in [0.05, 0.1) is 6.33 Å². The van der Waals surface area contributed by atoms with Gasteiger partial charge >= 0.3 is 0 Å². The highest BCUT2D eigenvalue weighted by Crippen LogP contribution is 2.28. The van der Waals surface area contributed by atoms with E-state index in [1.54, 1.807) is 6.33 Å². The first-order valence-corrected chi connectivity index (χ1v) is 7.84. The number of nitrogens with two attached hydrogens (primary N) is 1. The van der Waals surface area contributed by atoms with Crippen molar-refractivity contribution in [2.45, 2.75) is 19.9 Å². The third-order valence-electron chi connectivity index (χ3n) is 3.13. The van der Waals surface area contributed by atoms with Crippen LogP contribution >= 0.6 is 27.5 Å². The van der Waals surface area contributed by atoms with Gasteiger partial charge in [0.1, 0.15) is 0 Å². The Labute approximate surface area is 140 Å². The van der Waals surface area contributed by atoms with Crippen molar-refractivity contribution >= 4 is 55.9 Å². The third-order valence-corrected chi connectivity index (χ3v) is 3.76. The van der Waals surface area contributed by atoms with Gasteiger partial charge in [-0.2, -0.15) is 9.97 Å². The highest BCUT2D eigenvalue weighted by molar-refractivity contribution is 9.10. The zero-order valence-electron chi connectivity index (χ0n) is 12.0. The van der Waals surface area contributed by atoms with E-state index < -0.39 is 0 Å². The minimum absolute atomic E-state index is 0.167. The second kappa shape index (κ2) is 5.73. The Morgan fingerprint density at radius 3 is 2.73 bits per heavy atom. The maximum Gasteiger partial charge on any atom is 0.226 e. The van der Waals surface area contributed by atoms with Gasteiger partial charge in [-0.15, -0.1) is 0 Å². The highest BCUT2D eigenvalue weighted by atomic mass is 79.9. The summed E-state index contributed by atoms with van der Waals surface area (Å²) >= 11 is 9.46. The Morgan fingerprint density at radius 1 is 1.27 bits per heavy atom. The van der Waals surface area contributed by atoms with E-state index in [0.29, 0.717) is 22.7 Å². The number of nitrogens with zero attached hydrogens (tertiary/aromatic N) is 4. The minimum atomic E-state index is 0.167. The van der Waals surface area contributed by atoms with Crippen LogP contribution in [0, 0.1) is 0 Å². The first-order valence-electron chi connectivity index (χ1n) is 6.67. The van der Waals surface area contributed by atoms with Crippen molar-refractivity contribution < 1.29 is 0 Å². The number of halogens is 2. The molecule has 6 nitrogen and oxygen atoms in total. The molecule has 2 aromatic heterocycles. The van der Waals surface area contributed by atoms with E-state index in [0.717, 1.165) is 10.2 Å². The largest absolute Gasteiger partial charge is 0.399 e. The molecule has 114 valence electrons. The molecule has 8 heteroatoms. The van der Waals surface area contributed by atoms with Gasteiger partial charge in [-0.05, 0) is 43.6 Å². The summed E-state index contributed by atoms with van der Waals surface area (Å²) < 4.78 is 2.82. The van der Waals surface area contributed by atoms with Gasteiger partial charge in [0.15, 0.2) is 17.0 Å². The summed E-state index contributed by atoms with van der Waals surface area (Å²) in [5, 5.41) is 3.37. The standard InChI is InChI=1S/C14H14BrClN6/c1-7(2)22-6-18-11-12(20-14(16)21-13(11)22)19-10-4-8(15)3-9(17)5-10/h3-7H,17H2,1-2H3,(H,19,20,21). The van der Waals surface area contributed by atoms with Crippen LogP contribution in [0.2, 0.25) is 5.28 Å². The van der Waals surface area contributed by atoms with Gasteiger partial charge in [0, 0.05) is 21.9 Å². The van der Waals surface area contributed by atoms with Crippen LogP contribution in [0.15, 0.2) is 29.0 Å². The lowest BCUT2D eigenvalue weighted by Gasteiger charge is -2.10. The SMILES string of the molecule is CC(C)n1cnc2c(Nc3cc(N)cc(Br)c3)nc(Cl)nc21. The van der Waals surface area contributed by atoms with E-state index in [1.165, 1.54) is 0 Å². The smallest absolute Gasteiger partial charge is 0.226 e. The quantitative estimate of drug-likeness (QED) is 0.526. The molecule has 0 fully saturated rings. The van der Waals surface area contributed by atoms with Crippen molar-refractivity contribution in [2.75, 3.05) is 11.1 Å². The number of benzene rings is 1. The number of nitrogen functional groups attached to an aromatic ring is 1. The van der Waals surface area contributed by atoms with Crippen LogP contribution in [-0.2, 0) is 0 Å². The molecule has 0 bridgehead atoms. The van der Waals surface area contributed by atoms with Crippen molar-refractivity contribution in [2.24, 2.45) is 0 Å². The Hall–Kier alpha value is -1.86. The highest BCUT2D eigenvalue weighted by Gasteiger charge is 2.14. The van der Waals surface area contributed by atoms with Crippen LogP contribution in [0.25, 0.3) is 11.2 Å². The van der Waals surface area contributed by atoms with Crippen LogP contribution < -0.4 is 11.1 Å². The summed E-state index contributed by atoms with van der Waals surface area (Å²) in [6.45, 7) is 4.11. The number of rotatable bonds is 3. The van der Waals surface area contributed by atoms with E-state index in [2.05, 4.69) is 50.0 Å². The van der Waals surface area contributed by atoms with Crippen molar-refractivity contribution in [3.63, 3.8) is 0 Å². The lowest BCUT2D eigenvalue weighted by molar-refractivity contribution is 0.612. The fourth-order valence-corrected chi connectivity index (χ4v) is 2.85. The fraction of sp³-hybridized carbons (Fsp3) is 0.214. The number of fused-ring (bicyclic) bond motifs is 1. The van der Waals surface area contributed by atoms with Crippen molar-refractivity contribution in [3.05, 3.63) is 34.3 Å². The molecule has 0 saturated heterocycles. The van der Waals surface area contributed by atoms with Crippen molar-refractivity contribution in [3.8, 4) is 0 Å². The normalized spacial score (nSPS) is 11.3. The molecule has 0 saturated carbocycles. The molecular formula is C14H14BrClN6. The van der Waals surface area contributed by atoms with Crippen LogP contribution in [-0.4, -0.2) is 19.5 Å². The first kappa shape index (κ1) is 15.1. The minimum Gasteiger partial charge on any atom is -0.399 e. The van der Waals surface area contributed by atoms with E-state index in [1.807, 2.05) is 22.8 Å². The molecule has 0 amide bonds. The lowest BCUT2D eigenvalue weighted by atomic mass is 10.3. The van der Waals surface area contributed by atoms with Crippen LogP contribution in [0.3, 0.4) is 0 Å². The molecule has 3 rings (SSSR count). The van der Waals surface area contributed by atoms with Crippen molar-refractivity contribution in [1.82, 2.24) is 19.5 Å². The predicted molar refractivity (Wildman–Crippen MR) is 92.6 cm³/mol. The number of aromatic nitrogens is 4. The van der Waals surface area contributed by atoms with Gasteiger partial charge in [0.25, 0.3) is 0 Å². The number of hydrogen-bond acceptors (Lipinski definition) is 5. The summed E-state index contributed by atoms with van der Waals surface area (Å²) in [5.74, 6) is 0.548. The summed E-state index contributed by atoms with van der Waals surface area (Å²) in [6, 6.07) is 5.76. The molecule has 22 heavy (non-hydrogen) atoms. The second-order valence-corrected chi connectivity index (χ2v) is 6.41. The predicted octanol–water partition coefficient (Wildman–Crippen LogP) is 4.15. The summed E-state index contributed by atoms with van der Waals surface area (Å²) in [7, 11) is 0. The maximum atomic E-state index is 6.05. The molecule has 0 aliphatic carbocycles. The molecule has 2 heterocycles. The van der Waals surface area contributed by atoms with E-state index >= 15 is 0 Å². The summed E-state index contributed by atoms with van der Waals surface area (Å²) in [4.78, 5) is 12.9. The zero-order chi connectivity index (χ0) is 15.9. The van der Waals surface area contributed by atoms with Crippen molar-refractivity contribution in [1.29, 1.82) is 0 Å². The maximum absolute atomic E-state index is 6.05. The third kappa shape index (κ3) is 2.86. The van der Waals surface area contributed by atoms with Crippen LogP contribution in [0.1, 0.15) is 19.9 Å².